The topological polar surface area (TPSA) is 119 Å². The lowest BCUT2D eigenvalue weighted by molar-refractivity contribution is -0.126. The van der Waals surface area contributed by atoms with E-state index in [0.717, 1.165) is 38.4 Å². The standard InChI is InChI=1S/C35H32F3N7O3.C2H6/c1-2-24-27(37)7-4-19-10-23(46)11-25(29(19)24)31-30(38)32-26(14-40-31)33(43-16-21-5-6-22(17-43)45(21)28(47)13-39)42-34(41-32)48-18-35-8-3-9-44(35)15-20(36)12-35;1-2/h1,4,7,10-11,13-14,20-22,39,46H,3,5-6,8-9,12,15-18H2;1-2H3. The number of hydrogen-bond acceptors (Lipinski definition) is 9. The van der Waals surface area contributed by atoms with E-state index in [1.807, 2.05) is 18.7 Å². The van der Waals surface area contributed by atoms with Gasteiger partial charge in [-0.2, -0.15) is 9.97 Å². The summed E-state index contributed by atoms with van der Waals surface area (Å²) in [7, 11) is 0. The molecule has 50 heavy (non-hydrogen) atoms. The third-order valence-electron chi connectivity index (χ3n) is 10.5. The lowest BCUT2D eigenvalue weighted by Gasteiger charge is -2.41. The van der Waals surface area contributed by atoms with Crippen molar-refractivity contribution in [2.24, 2.45) is 0 Å². The van der Waals surface area contributed by atoms with Crippen LogP contribution in [0.3, 0.4) is 0 Å². The second-order valence-corrected chi connectivity index (χ2v) is 13.2. The van der Waals surface area contributed by atoms with Gasteiger partial charge in [0.1, 0.15) is 41.4 Å². The number of fused-ring (bicyclic) bond motifs is 5. The molecule has 0 spiro atoms. The molecule has 0 radical (unpaired) electrons. The third-order valence-corrected chi connectivity index (χ3v) is 10.5. The fourth-order valence-electron chi connectivity index (χ4n) is 8.43. The highest BCUT2D eigenvalue weighted by Crippen LogP contribution is 2.42. The van der Waals surface area contributed by atoms with E-state index in [1.165, 1.54) is 30.5 Å². The molecule has 6 heterocycles. The van der Waals surface area contributed by atoms with E-state index in [2.05, 4.69) is 20.8 Å². The minimum atomic E-state index is -0.960. The van der Waals surface area contributed by atoms with Gasteiger partial charge in [0.25, 0.3) is 5.91 Å². The summed E-state index contributed by atoms with van der Waals surface area (Å²) in [4.78, 5) is 32.1. The number of benzene rings is 2. The number of carbonyl (C=O) groups excluding carboxylic acids is 1. The largest absolute Gasteiger partial charge is 0.508 e. The quantitative estimate of drug-likeness (QED) is 0.198. The number of alkyl halides is 1. The fourth-order valence-corrected chi connectivity index (χ4v) is 8.43. The van der Waals surface area contributed by atoms with Crippen molar-refractivity contribution >= 4 is 39.6 Å². The molecular weight excluding hydrogens is 647 g/mol. The summed E-state index contributed by atoms with van der Waals surface area (Å²) in [5.41, 5.74) is -0.785. The molecule has 4 aromatic rings. The summed E-state index contributed by atoms with van der Waals surface area (Å²) in [6.07, 6.45) is 10.5. The highest BCUT2D eigenvalue weighted by atomic mass is 19.1. The number of terminal acetylenes is 1. The van der Waals surface area contributed by atoms with Gasteiger partial charge in [-0.05, 0) is 55.8 Å². The average Bonchev–Trinajstić information content (AvgIpc) is 3.74. The van der Waals surface area contributed by atoms with Crippen LogP contribution < -0.4 is 9.64 Å². The Morgan fingerprint density at radius 2 is 1.94 bits per heavy atom. The molecule has 2 bridgehead atoms. The number of rotatable bonds is 6. The van der Waals surface area contributed by atoms with Gasteiger partial charge in [0, 0.05) is 43.2 Å². The molecular formula is C37H38F3N7O3. The Labute approximate surface area is 287 Å². The summed E-state index contributed by atoms with van der Waals surface area (Å²) in [6, 6.07) is 4.94. The first-order chi connectivity index (χ1) is 24.2. The number of halogens is 3. The number of piperazine rings is 1. The van der Waals surface area contributed by atoms with Crippen LogP contribution in [-0.4, -0.2) is 98.6 Å². The number of anilines is 1. The van der Waals surface area contributed by atoms with Crippen LogP contribution in [0.4, 0.5) is 19.0 Å². The van der Waals surface area contributed by atoms with Crippen LogP contribution in [0.2, 0.25) is 0 Å². The van der Waals surface area contributed by atoms with E-state index >= 15 is 4.39 Å². The van der Waals surface area contributed by atoms with E-state index in [9.17, 15) is 18.7 Å². The van der Waals surface area contributed by atoms with Crippen molar-refractivity contribution in [3.8, 4) is 35.4 Å². The third kappa shape index (κ3) is 5.46. The molecule has 10 nitrogen and oxygen atoms in total. The van der Waals surface area contributed by atoms with Gasteiger partial charge in [-0.25, -0.2) is 13.2 Å². The number of phenolic OH excluding ortho intramolecular Hbond substituents is 1. The van der Waals surface area contributed by atoms with Gasteiger partial charge in [-0.1, -0.05) is 25.8 Å². The number of ether oxygens (including phenoxy) is 1. The number of pyridine rings is 1. The predicted molar refractivity (Wildman–Crippen MR) is 184 cm³/mol. The maximum absolute atomic E-state index is 16.9. The van der Waals surface area contributed by atoms with E-state index < -0.39 is 23.3 Å². The van der Waals surface area contributed by atoms with Crippen molar-refractivity contribution in [1.82, 2.24) is 24.8 Å². The molecule has 260 valence electrons. The number of amides is 1. The predicted octanol–water partition coefficient (Wildman–Crippen LogP) is 5.62. The zero-order valence-corrected chi connectivity index (χ0v) is 27.9. The average molecular weight is 686 g/mol. The van der Waals surface area contributed by atoms with Gasteiger partial charge >= 0.3 is 6.01 Å². The Balaban J connectivity index is 0.00000193. The lowest BCUT2D eigenvalue weighted by Crippen LogP contribution is -2.56. The minimum absolute atomic E-state index is 0.0847. The highest BCUT2D eigenvalue weighted by Gasteiger charge is 2.49. The molecule has 0 aliphatic carbocycles. The number of phenols is 1. The van der Waals surface area contributed by atoms with Crippen molar-refractivity contribution < 1.29 is 27.8 Å². The molecule has 8 rings (SSSR count). The summed E-state index contributed by atoms with van der Waals surface area (Å²) >= 11 is 0. The highest BCUT2D eigenvalue weighted by molar-refractivity contribution is 6.25. The summed E-state index contributed by atoms with van der Waals surface area (Å²) in [5.74, 6) is 0.680. The molecule has 2 N–H and O–H groups in total. The van der Waals surface area contributed by atoms with Crippen LogP contribution in [0.1, 0.15) is 51.5 Å². The first kappa shape index (κ1) is 33.5. The molecule has 4 fully saturated rings. The van der Waals surface area contributed by atoms with Crippen LogP contribution in [0.5, 0.6) is 11.8 Å². The molecule has 4 aliphatic heterocycles. The Morgan fingerprint density at radius 1 is 1.18 bits per heavy atom. The summed E-state index contributed by atoms with van der Waals surface area (Å²) in [5, 5.41) is 19.0. The maximum atomic E-state index is 16.9. The minimum Gasteiger partial charge on any atom is -0.508 e. The second kappa shape index (κ2) is 13.1. The molecule has 2 aromatic heterocycles. The van der Waals surface area contributed by atoms with Crippen LogP contribution in [0.25, 0.3) is 32.9 Å². The van der Waals surface area contributed by atoms with E-state index in [1.54, 1.807) is 4.90 Å². The van der Waals surface area contributed by atoms with Gasteiger partial charge in [-0.15, -0.1) is 6.42 Å². The SMILES string of the molecule is C#Cc1c(F)ccc2cc(O)cc(-c3ncc4c(N5CC6CCC(C5)N6C(=O)C=N)nc(OCC56CCCN5CC(F)C6)nc4c3F)c12.CC. The molecule has 1 amide bonds. The van der Waals surface area contributed by atoms with Crippen LogP contribution in [-0.2, 0) is 4.79 Å². The van der Waals surface area contributed by atoms with Gasteiger partial charge in [0.05, 0.1) is 34.8 Å². The Bertz CT molecular complexity index is 2040. The normalized spacial score (nSPS) is 24.2. The molecule has 4 saturated heterocycles. The first-order valence-corrected chi connectivity index (χ1v) is 17.1. The number of nitrogens with one attached hydrogen (secondary N) is 1. The molecule has 0 saturated carbocycles. The second-order valence-electron chi connectivity index (χ2n) is 13.2. The zero-order valence-electron chi connectivity index (χ0n) is 27.9. The number of aromatic nitrogens is 3. The van der Waals surface area contributed by atoms with Crippen LogP contribution in [0.15, 0.2) is 30.5 Å². The van der Waals surface area contributed by atoms with E-state index in [0.29, 0.717) is 42.6 Å². The summed E-state index contributed by atoms with van der Waals surface area (Å²) in [6.45, 7) is 6.04. The lowest BCUT2D eigenvalue weighted by atomic mass is 9.95. The molecule has 13 heteroatoms. The zero-order chi connectivity index (χ0) is 35.3. The van der Waals surface area contributed by atoms with Crippen molar-refractivity contribution in [3.05, 3.63) is 47.7 Å². The number of carbonyl (C=O) groups is 1. The number of hydrogen-bond donors (Lipinski definition) is 2. The fraction of sp³-hybridized carbons (Fsp3) is 0.432. The molecule has 4 atom stereocenters. The Hall–Kier alpha value is -4.96. The molecule has 2 aromatic carbocycles. The van der Waals surface area contributed by atoms with Gasteiger partial charge in [-0.3, -0.25) is 14.7 Å². The first-order valence-electron chi connectivity index (χ1n) is 17.1. The number of nitrogens with zero attached hydrogens (tertiary/aromatic N) is 6. The summed E-state index contributed by atoms with van der Waals surface area (Å²) < 4.78 is 52.5. The maximum Gasteiger partial charge on any atom is 0.319 e. The Kier molecular flexibility index (Phi) is 8.76. The van der Waals surface area contributed by atoms with Gasteiger partial charge in [0.15, 0.2) is 5.82 Å². The van der Waals surface area contributed by atoms with E-state index in [4.69, 9.17) is 21.6 Å². The van der Waals surface area contributed by atoms with E-state index in [-0.39, 0.29) is 64.1 Å². The van der Waals surface area contributed by atoms with Crippen LogP contribution in [0, 0.1) is 29.4 Å². The molecule has 4 aliphatic rings. The van der Waals surface area contributed by atoms with Crippen molar-refractivity contribution in [2.45, 2.75) is 69.7 Å². The van der Waals surface area contributed by atoms with Crippen molar-refractivity contribution in [1.29, 1.82) is 5.41 Å². The smallest absolute Gasteiger partial charge is 0.319 e. The van der Waals surface area contributed by atoms with Gasteiger partial charge in [0.2, 0.25) is 0 Å². The van der Waals surface area contributed by atoms with Crippen LogP contribution >= 0.6 is 0 Å². The number of aromatic hydroxyl groups is 1. The Morgan fingerprint density at radius 3 is 2.66 bits per heavy atom. The van der Waals surface area contributed by atoms with Crippen molar-refractivity contribution in [3.63, 3.8) is 0 Å². The van der Waals surface area contributed by atoms with Crippen molar-refractivity contribution in [2.75, 3.05) is 37.7 Å². The van der Waals surface area contributed by atoms with Gasteiger partial charge < -0.3 is 25.1 Å². The molecule has 4 unspecified atom stereocenters. The monoisotopic (exact) mass is 685 g/mol.